The Hall–Kier alpha value is -3.18. The van der Waals surface area contributed by atoms with E-state index < -0.39 is 46.5 Å². The zero-order valence-corrected chi connectivity index (χ0v) is 18.4. The number of fused-ring (bicyclic) bond motifs is 1. The monoisotopic (exact) mass is 462 g/mol. The third kappa shape index (κ3) is 3.67. The predicted molar refractivity (Wildman–Crippen MR) is 112 cm³/mol. The van der Waals surface area contributed by atoms with Crippen molar-refractivity contribution < 1.29 is 38.6 Å². The average molecular weight is 462 g/mol. The summed E-state index contributed by atoms with van der Waals surface area (Å²) in [5.74, 6) is -5.65. The Bertz CT molecular complexity index is 1010. The number of thioether (sulfide) groups is 1. The maximum atomic E-state index is 13.1. The molecule has 1 saturated heterocycles. The molecule has 2 amide bonds. The summed E-state index contributed by atoms with van der Waals surface area (Å²) in [6.45, 7) is 1.60. The first-order valence-corrected chi connectivity index (χ1v) is 10.7. The largest absolute Gasteiger partial charge is 0.477 e. The second-order valence-corrected chi connectivity index (χ2v) is 8.11. The molecule has 0 aromatic heterocycles. The van der Waals surface area contributed by atoms with Gasteiger partial charge in [0, 0.05) is 24.9 Å². The third-order valence-corrected chi connectivity index (χ3v) is 6.67. The number of nitrogens with one attached hydrogen (secondary N) is 1. The van der Waals surface area contributed by atoms with Crippen molar-refractivity contribution in [2.24, 2.45) is 0 Å². The van der Waals surface area contributed by atoms with E-state index in [2.05, 4.69) is 5.32 Å². The van der Waals surface area contributed by atoms with Gasteiger partial charge in [-0.05, 0) is 5.56 Å². The van der Waals surface area contributed by atoms with Gasteiger partial charge in [0.25, 0.3) is 11.6 Å². The van der Waals surface area contributed by atoms with Crippen molar-refractivity contribution in [3.8, 4) is 0 Å². The first kappa shape index (κ1) is 23.5. The fraction of sp³-hybridized carbons (Fsp3) is 0.381. The van der Waals surface area contributed by atoms with Crippen LogP contribution >= 0.6 is 11.8 Å². The minimum absolute atomic E-state index is 0.0300. The minimum atomic E-state index is -1.90. The number of β-lactam (4-membered cyclic amide) rings is 1. The highest BCUT2D eigenvalue weighted by atomic mass is 32.2. The summed E-state index contributed by atoms with van der Waals surface area (Å²) in [5, 5.41) is 11.2. The smallest absolute Gasteiger partial charge is 0.353 e. The van der Waals surface area contributed by atoms with E-state index >= 15 is 0 Å². The lowest BCUT2D eigenvalue weighted by Crippen LogP contribution is -2.81. The number of methoxy groups -OCH3 is 2. The molecule has 2 aliphatic rings. The van der Waals surface area contributed by atoms with E-state index in [0.29, 0.717) is 5.56 Å². The molecule has 3 atom stereocenters. The zero-order valence-electron chi connectivity index (χ0n) is 17.6. The Morgan fingerprint density at radius 2 is 1.91 bits per heavy atom. The van der Waals surface area contributed by atoms with E-state index in [1.54, 1.807) is 37.3 Å². The highest BCUT2D eigenvalue weighted by molar-refractivity contribution is 8.00. The highest BCUT2D eigenvalue weighted by Gasteiger charge is 2.67. The molecule has 2 aliphatic heterocycles. The predicted octanol–water partition coefficient (Wildman–Crippen LogP) is 0.635. The topological polar surface area (TPSA) is 139 Å². The standard InChI is InChI=1S/C21H22N2O8S/c1-4-13(24)12-10-32-20-21(31-3,19(29)23(20)15(12)17(26)27)22-16(25)14(18(28)30-2)11-8-6-5-7-9-11/h5-9,14,20H,4,10H2,1-3H3,(H,22,25)(H,26,27)/t14?,20-,21?/m0/s1. The normalized spacial score (nSPS) is 23.0. The SMILES string of the molecule is CCC(=O)C1=C(C(=O)O)N2C(=O)C(NC(=O)C(C(=O)OC)c3ccccc3)(OC)[C@@H]2SC1. The summed E-state index contributed by atoms with van der Waals surface area (Å²) in [7, 11) is 2.34. The molecule has 2 heterocycles. The molecule has 2 N–H and O–H groups in total. The van der Waals surface area contributed by atoms with Crippen LogP contribution in [-0.4, -0.2) is 70.6 Å². The highest BCUT2D eigenvalue weighted by Crippen LogP contribution is 2.47. The molecule has 1 aromatic rings. The molecule has 11 heteroatoms. The van der Waals surface area contributed by atoms with Crippen LogP contribution in [0.3, 0.4) is 0 Å². The second kappa shape index (κ2) is 9.13. The molecule has 32 heavy (non-hydrogen) atoms. The number of nitrogens with zero attached hydrogens (tertiary/aromatic N) is 1. The van der Waals surface area contributed by atoms with Gasteiger partial charge in [0.15, 0.2) is 11.7 Å². The molecule has 0 radical (unpaired) electrons. The number of rotatable bonds is 8. The van der Waals surface area contributed by atoms with E-state index in [4.69, 9.17) is 9.47 Å². The van der Waals surface area contributed by atoms with E-state index in [1.807, 2.05) is 0 Å². The number of ketones is 1. The van der Waals surface area contributed by atoms with Crippen LogP contribution in [0.25, 0.3) is 0 Å². The van der Waals surface area contributed by atoms with E-state index in [-0.39, 0.29) is 23.5 Å². The molecule has 10 nitrogen and oxygen atoms in total. The number of ether oxygens (including phenoxy) is 2. The summed E-state index contributed by atoms with van der Waals surface area (Å²) < 4.78 is 10.1. The number of hydrogen-bond acceptors (Lipinski definition) is 8. The third-order valence-electron chi connectivity index (χ3n) is 5.35. The number of esters is 1. The van der Waals surface area contributed by atoms with Crippen LogP contribution < -0.4 is 5.32 Å². The van der Waals surface area contributed by atoms with Gasteiger partial charge in [0.1, 0.15) is 11.1 Å². The van der Waals surface area contributed by atoms with Crippen molar-refractivity contribution in [1.29, 1.82) is 0 Å². The number of hydrogen-bond donors (Lipinski definition) is 2. The van der Waals surface area contributed by atoms with E-state index in [9.17, 15) is 29.1 Å². The molecule has 0 bridgehead atoms. The number of carbonyl (C=O) groups excluding carboxylic acids is 4. The van der Waals surface area contributed by atoms with Gasteiger partial charge in [-0.3, -0.25) is 24.1 Å². The van der Waals surface area contributed by atoms with Crippen LogP contribution in [0.2, 0.25) is 0 Å². The number of carboxylic acid groups (broad SMARTS) is 1. The van der Waals surface area contributed by atoms with Crippen molar-refractivity contribution in [1.82, 2.24) is 10.2 Å². The van der Waals surface area contributed by atoms with Gasteiger partial charge < -0.3 is 19.9 Å². The van der Waals surface area contributed by atoms with Crippen LogP contribution in [0, 0.1) is 0 Å². The van der Waals surface area contributed by atoms with Crippen LogP contribution in [-0.2, 0) is 33.4 Å². The summed E-state index contributed by atoms with van der Waals surface area (Å²) in [4.78, 5) is 63.6. The van der Waals surface area contributed by atoms with E-state index in [0.717, 1.165) is 23.8 Å². The number of aliphatic carboxylic acids is 1. The number of Topliss-reactive ketones (excluding diaryl/α,β-unsaturated/α-hetero) is 1. The van der Waals surface area contributed by atoms with Crippen LogP contribution in [0.5, 0.6) is 0 Å². The number of carbonyl (C=O) groups is 5. The van der Waals surface area contributed by atoms with Crippen molar-refractivity contribution in [2.75, 3.05) is 20.0 Å². The number of carboxylic acids is 1. The lowest BCUT2D eigenvalue weighted by Gasteiger charge is -2.55. The molecule has 170 valence electrons. The van der Waals surface area contributed by atoms with Gasteiger partial charge in [0.2, 0.25) is 5.91 Å². The van der Waals surface area contributed by atoms with Crippen molar-refractivity contribution in [3.05, 3.63) is 47.2 Å². The fourth-order valence-electron chi connectivity index (χ4n) is 3.72. The van der Waals surface area contributed by atoms with Gasteiger partial charge in [-0.2, -0.15) is 0 Å². The van der Waals surface area contributed by atoms with Crippen molar-refractivity contribution in [3.63, 3.8) is 0 Å². The molecular weight excluding hydrogens is 440 g/mol. The minimum Gasteiger partial charge on any atom is -0.477 e. The Balaban J connectivity index is 1.95. The Morgan fingerprint density at radius 1 is 1.25 bits per heavy atom. The molecule has 0 saturated carbocycles. The van der Waals surface area contributed by atoms with Crippen LogP contribution in [0.1, 0.15) is 24.8 Å². The fourth-order valence-corrected chi connectivity index (χ4v) is 5.18. The van der Waals surface area contributed by atoms with Gasteiger partial charge in [-0.1, -0.05) is 37.3 Å². The quantitative estimate of drug-likeness (QED) is 0.246. The zero-order chi connectivity index (χ0) is 23.6. The van der Waals surface area contributed by atoms with Gasteiger partial charge >= 0.3 is 11.9 Å². The maximum absolute atomic E-state index is 13.1. The lowest BCUT2D eigenvalue weighted by molar-refractivity contribution is -0.193. The number of amides is 2. The molecule has 0 aliphatic carbocycles. The first-order chi connectivity index (χ1) is 15.2. The van der Waals surface area contributed by atoms with E-state index in [1.165, 1.54) is 7.11 Å². The Kier molecular flexibility index (Phi) is 6.70. The summed E-state index contributed by atoms with van der Waals surface area (Å²) in [6, 6.07) is 8.15. The summed E-state index contributed by atoms with van der Waals surface area (Å²) in [6.07, 6.45) is 0.0867. The van der Waals surface area contributed by atoms with Gasteiger partial charge in [-0.15, -0.1) is 11.8 Å². The molecule has 1 aromatic carbocycles. The summed E-state index contributed by atoms with van der Waals surface area (Å²) >= 11 is 1.09. The Morgan fingerprint density at radius 3 is 2.44 bits per heavy atom. The second-order valence-electron chi connectivity index (χ2n) is 7.04. The maximum Gasteiger partial charge on any atom is 0.353 e. The lowest BCUT2D eigenvalue weighted by atomic mass is 9.93. The van der Waals surface area contributed by atoms with Gasteiger partial charge in [0.05, 0.1) is 7.11 Å². The summed E-state index contributed by atoms with van der Waals surface area (Å²) in [5.41, 5.74) is -1.93. The molecular formula is C21H22N2O8S. The number of benzene rings is 1. The molecule has 1 fully saturated rings. The van der Waals surface area contributed by atoms with Gasteiger partial charge in [-0.25, -0.2) is 4.79 Å². The molecule has 2 unspecified atom stereocenters. The Labute approximate surface area is 187 Å². The first-order valence-electron chi connectivity index (χ1n) is 9.68. The van der Waals surface area contributed by atoms with Crippen molar-refractivity contribution in [2.45, 2.75) is 30.4 Å². The van der Waals surface area contributed by atoms with Crippen LogP contribution in [0.15, 0.2) is 41.6 Å². The molecule has 0 spiro atoms. The van der Waals surface area contributed by atoms with Crippen molar-refractivity contribution >= 4 is 41.3 Å². The molecule has 3 rings (SSSR count). The van der Waals surface area contributed by atoms with Crippen LogP contribution in [0.4, 0.5) is 0 Å². The average Bonchev–Trinajstić information content (AvgIpc) is 2.81.